The maximum Gasteiger partial charge on any atom is 0.333 e. The number of aliphatic imine (C=N–C) groups is 2. The fourth-order valence-electron chi connectivity index (χ4n) is 6.90. The summed E-state index contributed by atoms with van der Waals surface area (Å²) in [7, 11) is -5.80. The number of anilines is 1. The van der Waals surface area contributed by atoms with E-state index in [2.05, 4.69) is 9.89 Å². The highest BCUT2D eigenvalue weighted by Crippen LogP contribution is 2.48. The van der Waals surface area contributed by atoms with Crippen LogP contribution in [0.1, 0.15) is 85.1 Å². The third-order valence-electron chi connectivity index (χ3n) is 10.4. The highest BCUT2D eigenvalue weighted by atomic mass is 32.2. The van der Waals surface area contributed by atoms with Crippen molar-refractivity contribution >= 4 is 61.2 Å². The lowest BCUT2D eigenvalue weighted by atomic mass is 9.80. The number of allylic oxidation sites excluding steroid dienone is 7. The molecule has 3 heterocycles. The molecule has 3 aliphatic rings. The minimum Gasteiger partial charge on any atom is -0.344 e. The van der Waals surface area contributed by atoms with Crippen molar-refractivity contribution in [2.24, 2.45) is 15.4 Å². The van der Waals surface area contributed by atoms with E-state index in [1.165, 1.54) is 26.3 Å². The summed E-state index contributed by atoms with van der Waals surface area (Å²) in [5.41, 5.74) is 2.39. The normalized spacial score (nSPS) is 20.1. The van der Waals surface area contributed by atoms with Crippen molar-refractivity contribution in [3.8, 4) is 0 Å². The second-order valence-corrected chi connectivity index (χ2v) is 18.3. The van der Waals surface area contributed by atoms with Crippen LogP contribution in [-0.2, 0) is 54.5 Å². The van der Waals surface area contributed by atoms with Gasteiger partial charge in [-0.1, -0.05) is 58.4 Å². The molecule has 0 aliphatic carbocycles. The Bertz CT molecular complexity index is 2300. The molecule has 4 rings (SSSR count). The molecular formula is C41H53N5O12S2. The average Bonchev–Trinajstić information content (AvgIpc) is 3.69. The number of imide groups is 1. The highest BCUT2D eigenvalue weighted by molar-refractivity contribution is 7.86. The zero-order valence-electron chi connectivity index (χ0n) is 34.9. The van der Waals surface area contributed by atoms with Crippen LogP contribution < -0.4 is 4.90 Å². The van der Waals surface area contributed by atoms with Crippen molar-refractivity contribution in [3.63, 3.8) is 0 Å². The molecular weight excluding hydrogens is 819 g/mol. The largest absolute Gasteiger partial charge is 0.344 e. The Morgan fingerprint density at radius 3 is 2.27 bits per heavy atom. The molecule has 19 heteroatoms. The fourth-order valence-corrected chi connectivity index (χ4v) is 7.90. The molecule has 0 radical (unpaired) electrons. The van der Waals surface area contributed by atoms with Gasteiger partial charge >= 0.3 is 5.97 Å². The summed E-state index contributed by atoms with van der Waals surface area (Å²) in [5.74, 6) is -2.31. The molecule has 3 aliphatic heterocycles. The second-order valence-electron chi connectivity index (χ2n) is 15.3. The Balaban J connectivity index is 1.57. The number of nitrogens with zero attached hydrogens (tertiary/aromatic N) is 5. The van der Waals surface area contributed by atoms with Crippen LogP contribution in [0.25, 0.3) is 0 Å². The predicted molar refractivity (Wildman–Crippen MR) is 225 cm³/mol. The molecule has 0 saturated carbocycles. The SMILES string of the molecule is C/C=C(\C=C1C(=NCCCS(=O)(=O)O)N=C(/C=C/C=C/C=C2/N(CCCCCC(=O)ON3C(=O)CCC3=O)c3ccc(S(=O)(=O)O)cc3C2(C)C)C1(C)C)C(=O)N(C)OC. The number of rotatable bonds is 18. The number of hydroxylamine groups is 4. The van der Waals surface area contributed by atoms with Crippen molar-refractivity contribution in [3.05, 3.63) is 83.1 Å². The fraction of sp³-hybridized carbons (Fsp3) is 0.463. The Morgan fingerprint density at radius 1 is 0.967 bits per heavy atom. The molecule has 0 spiro atoms. The summed E-state index contributed by atoms with van der Waals surface area (Å²) in [6.07, 6.45) is 14.2. The molecule has 0 bridgehead atoms. The van der Waals surface area contributed by atoms with Crippen LogP contribution >= 0.6 is 0 Å². The molecule has 1 fully saturated rings. The van der Waals surface area contributed by atoms with Crippen molar-refractivity contribution in [2.45, 2.75) is 89.9 Å². The van der Waals surface area contributed by atoms with E-state index in [4.69, 9.17) is 14.7 Å². The van der Waals surface area contributed by atoms with E-state index >= 15 is 0 Å². The van der Waals surface area contributed by atoms with Gasteiger partial charge < -0.3 is 9.74 Å². The first-order valence-corrected chi connectivity index (χ1v) is 22.4. The van der Waals surface area contributed by atoms with E-state index in [9.17, 15) is 45.1 Å². The molecule has 0 atom stereocenters. The molecule has 2 N–H and O–H groups in total. The Labute approximate surface area is 351 Å². The number of carbonyl (C=O) groups excluding carboxylic acids is 4. The van der Waals surface area contributed by atoms with Crippen molar-refractivity contribution < 1.29 is 54.8 Å². The van der Waals surface area contributed by atoms with Crippen LogP contribution in [0.5, 0.6) is 0 Å². The van der Waals surface area contributed by atoms with E-state index in [0.717, 1.165) is 16.4 Å². The number of hydrogen-bond acceptors (Lipinski definition) is 12. The molecule has 60 heavy (non-hydrogen) atoms. The number of amides is 3. The molecule has 0 unspecified atom stereocenters. The Kier molecular flexibility index (Phi) is 15.5. The van der Waals surface area contributed by atoms with Crippen LogP contribution in [-0.4, -0.2) is 104 Å². The van der Waals surface area contributed by atoms with E-state index in [1.807, 2.05) is 39.8 Å². The zero-order chi connectivity index (χ0) is 44.6. The van der Waals surface area contributed by atoms with Crippen molar-refractivity contribution in [1.82, 2.24) is 10.1 Å². The maximum atomic E-state index is 13.0. The number of amidine groups is 1. The Morgan fingerprint density at radius 2 is 1.65 bits per heavy atom. The van der Waals surface area contributed by atoms with E-state index < -0.39 is 60.5 Å². The maximum absolute atomic E-state index is 13.0. The molecule has 326 valence electrons. The van der Waals surface area contributed by atoms with Crippen LogP contribution in [0, 0.1) is 5.41 Å². The number of hydrogen-bond donors (Lipinski definition) is 2. The van der Waals surface area contributed by atoms with Gasteiger partial charge in [-0.2, -0.15) is 16.8 Å². The summed E-state index contributed by atoms with van der Waals surface area (Å²) < 4.78 is 65.7. The molecule has 1 aromatic carbocycles. The van der Waals surface area contributed by atoms with E-state index in [0.29, 0.717) is 59.1 Å². The van der Waals surface area contributed by atoms with Gasteiger partial charge in [-0.3, -0.25) is 33.3 Å². The van der Waals surface area contributed by atoms with Gasteiger partial charge in [0.2, 0.25) is 0 Å². The molecule has 17 nitrogen and oxygen atoms in total. The molecule has 1 aromatic rings. The zero-order valence-corrected chi connectivity index (χ0v) is 36.5. The van der Waals surface area contributed by atoms with Crippen molar-refractivity contribution in [1.29, 1.82) is 0 Å². The third kappa shape index (κ3) is 11.6. The van der Waals surface area contributed by atoms with Gasteiger partial charge in [0.25, 0.3) is 38.0 Å². The van der Waals surface area contributed by atoms with Gasteiger partial charge in [-0.05, 0) is 68.2 Å². The van der Waals surface area contributed by atoms with Gasteiger partial charge in [0.15, 0.2) is 5.84 Å². The molecule has 1 saturated heterocycles. The quantitative estimate of drug-likeness (QED) is 0.0481. The van der Waals surface area contributed by atoms with Gasteiger partial charge in [-0.25, -0.2) is 14.9 Å². The summed E-state index contributed by atoms with van der Waals surface area (Å²) in [6, 6.07) is 4.46. The van der Waals surface area contributed by atoms with Crippen LogP contribution in [0.4, 0.5) is 5.69 Å². The lowest BCUT2D eigenvalue weighted by Crippen LogP contribution is -2.32. The monoisotopic (exact) mass is 871 g/mol. The first kappa shape index (κ1) is 47.6. The number of carbonyl (C=O) groups is 4. The summed E-state index contributed by atoms with van der Waals surface area (Å²) in [6.45, 7) is 10.00. The number of unbranched alkanes of at least 4 members (excludes halogenated alkanes) is 2. The summed E-state index contributed by atoms with van der Waals surface area (Å²) in [4.78, 5) is 70.1. The van der Waals surface area contributed by atoms with Gasteiger partial charge in [0.1, 0.15) is 0 Å². The van der Waals surface area contributed by atoms with Crippen LogP contribution in [0.15, 0.2) is 92.5 Å². The van der Waals surface area contributed by atoms with Crippen molar-refractivity contribution in [2.75, 3.05) is 37.9 Å². The molecule has 3 amide bonds. The second kappa shape index (κ2) is 19.5. The average molecular weight is 872 g/mol. The third-order valence-corrected chi connectivity index (χ3v) is 12.0. The number of likely N-dealkylation sites (N-methyl/N-ethyl adjacent to an activating group) is 1. The minimum atomic E-state index is -4.47. The summed E-state index contributed by atoms with van der Waals surface area (Å²) in [5, 5.41) is 1.61. The topological polar surface area (TPSA) is 230 Å². The van der Waals surface area contributed by atoms with E-state index in [-0.39, 0.29) is 37.1 Å². The van der Waals surface area contributed by atoms with Gasteiger partial charge in [-0.15, -0.1) is 5.06 Å². The van der Waals surface area contributed by atoms with Gasteiger partial charge in [0.05, 0.1) is 23.5 Å². The van der Waals surface area contributed by atoms with E-state index in [1.54, 1.807) is 43.4 Å². The molecule has 0 aromatic heterocycles. The standard InChI is InChI=1S/C41H53N5O12S2/c1-8-28(39(50)44(6)57-7)26-31-38(42-23-15-25-59(51,52)53)43-33(40(31,2)3)16-11-9-12-17-34-41(4,5)30-27-29(60(54,55)56)19-20-32(30)45(34)24-14-10-13-18-37(49)58-46-35(47)21-22-36(46)48/h8-9,11-12,16-17,19-20,26-27H,10,13-15,18,21-25H2,1-7H3,(H,51,52,53)(H,54,55,56)/b12-9+,16-11+,28-8+,31-26?,34-17+,42-38?. The van der Waals surface area contributed by atoms with Gasteiger partial charge in [0, 0.05) is 72.8 Å². The lowest BCUT2D eigenvalue weighted by molar-refractivity contribution is -0.197. The first-order valence-electron chi connectivity index (χ1n) is 19.3. The summed E-state index contributed by atoms with van der Waals surface area (Å²) >= 11 is 0. The lowest BCUT2D eigenvalue weighted by Gasteiger charge is -2.27. The predicted octanol–water partition coefficient (Wildman–Crippen LogP) is 5.24. The van der Waals surface area contributed by atoms with Crippen LogP contribution in [0.2, 0.25) is 0 Å². The minimum absolute atomic E-state index is 0.00908. The Hall–Kier alpha value is -5.08. The highest BCUT2D eigenvalue weighted by Gasteiger charge is 2.41. The van der Waals surface area contributed by atoms with Crippen LogP contribution in [0.3, 0.4) is 0 Å². The number of fused-ring (bicyclic) bond motifs is 1. The number of benzene rings is 1. The smallest absolute Gasteiger partial charge is 0.333 e. The first-order chi connectivity index (χ1) is 28.0.